The fraction of sp³-hybridized carbons (Fsp3) is 0.917. The zero-order valence-electron chi connectivity index (χ0n) is 11.3. The maximum atomic E-state index is 5.55. The van der Waals surface area contributed by atoms with Gasteiger partial charge in [-0.3, -0.25) is 9.80 Å². The molecule has 0 unspecified atom stereocenters. The number of nitrogens with two attached hydrogens (primary N) is 1. The first-order chi connectivity index (χ1) is 8.72. The molecular formula is C12H25N3O2S. The Hall–Kier alpha value is -0.270. The van der Waals surface area contributed by atoms with Gasteiger partial charge in [0.25, 0.3) is 0 Å². The molecule has 0 bridgehead atoms. The molecule has 6 heteroatoms. The summed E-state index contributed by atoms with van der Waals surface area (Å²) in [4.78, 5) is 5.31. The monoisotopic (exact) mass is 275 g/mol. The number of methoxy groups -OCH3 is 1. The van der Waals surface area contributed by atoms with Crippen LogP contribution in [0.15, 0.2) is 0 Å². The van der Waals surface area contributed by atoms with Crippen LogP contribution in [-0.2, 0) is 9.47 Å². The van der Waals surface area contributed by atoms with E-state index in [-0.39, 0.29) is 0 Å². The quantitative estimate of drug-likeness (QED) is 0.470. The first-order valence-electron chi connectivity index (χ1n) is 6.52. The number of hydrogen-bond donors (Lipinski definition) is 1. The van der Waals surface area contributed by atoms with Gasteiger partial charge in [0, 0.05) is 59.6 Å². The molecule has 18 heavy (non-hydrogen) atoms. The summed E-state index contributed by atoms with van der Waals surface area (Å²) < 4.78 is 10.5. The predicted octanol–water partition coefficient (Wildman–Crippen LogP) is -0.0568. The van der Waals surface area contributed by atoms with Crippen molar-refractivity contribution in [1.82, 2.24) is 9.80 Å². The van der Waals surface area contributed by atoms with E-state index in [1.807, 2.05) is 0 Å². The first-order valence-corrected chi connectivity index (χ1v) is 6.93. The molecule has 0 aromatic heterocycles. The Morgan fingerprint density at radius 1 is 1.11 bits per heavy atom. The molecule has 0 aromatic rings. The molecular weight excluding hydrogens is 250 g/mol. The van der Waals surface area contributed by atoms with Crippen LogP contribution >= 0.6 is 12.2 Å². The molecule has 0 spiro atoms. The minimum absolute atomic E-state index is 0.588. The average Bonchev–Trinajstić information content (AvgIpc) is 2.35. The third-order valence-electron chi connectivity index (χ3n) is 3.03. The lowest BCUT2D eigenvalue weighted by molar-refractivity contribution is 0.0680. The molecule has 0 saturated carbocycles. The van der Waals surface area contributed by atoms with E-state index >= 15 is 0 Å². The Morgan fingerprint density at radius 3 is 2.39 bits per heavy atom. The van der Waals surface area contributed by atoms with E-state index in [9.17, 15) is 0 Å². The molecule has 106 valence electrons. The maximum Gasteiger partial charge on any atom is 0.0870 e. The van der Waals surface area contributed by atoms with Crippen molar-refractivity contribution < 1.29 is 9.47 Å². The van der Waals surface area contributed by atoms with Crippen molar-refractivity contribution in [2.24, 2.45) is 5.73 Å². The minimum atomic E-state index is 0.588. The lowest BCUT2D eigenvalue weighted by Gasteiger charge is -2.34. The van der Waals surface area contributed by atoms with Gasteiger partial charge in [0.05, 0.1) is 11.6 Å². The number of rotatable bonds is 9. The van der Waals surface area contributed by atoms with Crippen LogP contribution < -0.4 is 5.73 Å². The molecule has 1 rings (SSSR count). The van der Waals surface area contributed by atoms with Crippen LogP contribution in [0.3, 0.4) is 0 Å². The predicted molar refractivity (Wildman–Crippen MR) is 77.0 cm³/mol. The summed E-state index contributed by atoms with van der Waals surface area (Å²) >= 11 is 4.92. The molecule has 1 heterocycles. The van der Waals surface area contributed by atoms with Gasteiger partial charge in [-0.05, 0) is 6.42 Å². The van der Waals surface area contributed by atoms with Gasteiger partial charge in [0.15, 0.2) is 0 Å². The SMILES string of the molecule is COCCCOCCN1CCN(CC(N)=S)CC1. The summed E-state index contributed by atoms with van der Waals surface area (Å²) in [7, 11) is 1.71. The lowest BCUT2D eigenvalue weighted by atomic mass is 10.3. The Bertz CT molecular complexity index is 233. The Morgan fingerprint density at radius 2 is 1.78 bits per heavy atom. The van der Waals surface area contributed by atoms with Crippen LogP contribution in [0.2, 0.25) is 0 Å². The van der Waals surface area contributed by atoms with E-state index in [4.69, 9.17) is 27.4 Å². The summed E-state index contributed by atoms with van der Waals surface area (Å²) in [6.07, 6.45) is 0.970. The highest BCUT2D eigenvalue weighted by Crippen LogP contribution is 2.01. The number of nitrogens with zero attached hydrogens (tertiary/aromatic N) is 2. The van der Waals surface area contributed by atoms with E-state index in [0.29, 0.717) is 4.99 Å². The van der Waals surface area contributed by atoms with Gasteiger partial charge >= 0.3 is 0 Å². The van der Waals surface area contributed by atoms with E-state index in [0.717, 1.165) is 65.5 Å². The zero-order chi connectivity index (χ0) is 13.2. The molecule has 1 aliphatic heterocycles. The van der Waals surface area contributed by atoms with Crippen molar-refractivity contribution in [3.8, 4) is 0 Å². The van der Waals surface area contributed by atoms with Crippen LogP contribution in [0.4, 0.5) is 0 Å². The number of ether oxygens (including phenoxy) is 2. The maximum absolute atomic E-state index is 5.55. The molecule has 0 aliphatic carbocycles. The number of thiocarbonyl (C=S) groups is 1. The van der Waals surface area contributed by atoms with E-state index in [2.05, 4.69) is 9.80 Å². The van der Waals surface area contributed by atoms with Crippen LogP contribution in [0.25, 0.3) is 0 Å². The standard InChI is InChI=1S/C12H25N3O2S/c1-16-8-2-9-17-10-7-14-3-5-15(6-4-14)11-12(13)18/h2-11H2,1H3,(H2,13,18). The molecule has 0 amide bonds. The molecule has 5 nitrogen and oxygen atoms in total. The highest BCUT2D eigenvalue weighted by molar-refractivity contribution is 7.80. The average molecular weight is 275 g/mol. The molecule has 1 aliphatic rings. The minimum Gasteiger partial charge on any atom is -0.392 e. The third kappa shape index (κ3) is 7.23. The zero-order valence-corrected chi connectivity index (χ0v) is 12.1. The molecule has 1 saturated heterocycles. The molecule has 0 aromatic carbocycles. The number of piperazine rings is 1. The summed E-state index contributed by atoms with van der Waals surface area (Å²) in [6.45, 7) is 8.35. The van der Waals surface area contributed by atoms with Crippen LogP contribution in [0, 0.1) is 0 Å². The van der Waals surface area contributed by atoms with Crippen molar-refractivity contribution in [2.75, 3.05) is 66.2 Å². The van der Waals surface area contributed by atoms with E-state index < -0.39 is 0 Å². The highest BCUT2D eigenvalue weighted by atomic mass is 32.1. The Labute approximate surface area is 115 Å². The van der Waals surface area contributed by atoms with Gasteiger partial charge in [-0.15, -0.1) is 0 Å². The largest absolute Gasteiger partial charge is 0.392 e. The smallest absolute Gasteiger partial charge is 0.0870 e. The van der Waals surface area contributed by atoms with Gasteiger partial charge in [0.1, 0.15) is 0 Å². The van der Waals surface area contributed by atoms with Gasteiger partial charge < -0.3 is 15.2 Å². The van der Waals surface area contributed by atoms with E-state index in [1.54, 1.807) is 7.11 Å². The lowest BCUT2D eigenvalue weighted by Crippen LogP contribution is -2.49. The number of hydrogen-bond acceptors (Lipinski definition) is 5. The normalized spacial score (nSPS) is 18.1. The van der Waals surface area contributed by atoms with Gasteiger partial charge in [-0.25, -0.2) is 0 Å². The van der Waals surface area contributed by atoms with Crippen molar-refractivity contribution in [3.63, 3.8) is 0 Å². The van der Waals surface area contributed by atoms with Crippen molar-refractivity contribution >= 4 is 17.2 Å². The fourth-order valence-corrected chi connectivity index (χ4v) is 2.18. The van der Waals surface area contributed by atoms with Gasteiger partial charge in [-0.1, -0.05) is 12.2 Å². The fourth-order valence-electron chi connectivity index (χ4n) is 1.99. The summed E-state index contributed by atoms with van der Waals surface area (Å²) in [5.74, 6) is 0. The molecule has 2 N–H and O–H groups in total. The molecule has 0 radical (unpaired) electrons. The highest BCUT2D eigenvalue weighted by Gasteiger charge is 2.16. The van der Waals surface area contributed by atoms with Gasteiger partial charge in [-0.2, -0.15) is 0 Å². The van der Waals surface area contributed by atoms with Crippen molar-refractivity contribution in [3.05, 3.63) is 0 Å². The summed E-state index contributed by atoms with van der Waals surface area (Å²) in [5.41, 5.74) is 5.54. The molecule has 0 atom stereocenters. The Kier molecular flexibility index (Phi) is 8.45. The summed E-state index contributed by atoms with van der Waals surface area (Å²) in [5, 5.41) is 0. The second kappa shape index (κ2) is 9.63. The van der Waals surface area contributed by atoms with E-state index in [1.165, 1.54) is 0 Å². The van der Waals surface area contributed by atoms with Crippen LogP contribution in [0.5, 0.6) is 0 Å². The second-order valence-corrected chi connectivity index (χ2v) is 5.07. The molecule has 1 fully saturated rings. The van der Waals surface area contributed by atoms with Crippen LogP contribution in [0.1, 0.15) is 6.42 Å². The van der Waals surface area contributed by atoms with Gasteiger partial charge in [0.2, 0.25) is 0 Å². The topological polar surface area (TPSA) is 51.0 Å². The van der Waals surface area contributed by atoms with Crippen LogP contribution in [-0.4, -0.2) is 81.0 Å². The third-order valence-corrected chi connectivity index (χ3v) is 3.16. The van der Waals surface area contributed by atoms with Crippen molar-refractivity contribution in [1.29, 1.82) is 0 Å². The van der Waals surface area contributed by atoms with Crippen molar-refractivity contribution in [2.45, 2.75) is 6.42 Å². The first kappa shape index (κ1) is 15.8. The second-order valence-electron chi connectivity index (χ2n) is 4.54. The summed E-state index contributed by atoms with van der Waals surface area (Å²) in [6, 6.07) is 0. The Balaban J connectivity index is 1.97.